The maximum absolute atomic E-state index is 11.9. The lowest BCUT2D eigenvalue weighted by Gasteiger charge is -2.08. The Hall–Kier alpha value is -2.56. The summed E-state index contributed by atoms with van der Waals surface area (Å²) in [5.74, 6) is 0.528. The minimum Gasteiger partial charge on any atom is -0.466 e. The maximum Gasteiger partial charge on any atom is 0.273 e. The molecule has 2 aromatic rings. The number of hydrazine groups is 1. The third-order valence-electron chi connectivity index (χ3n) is 3.54. The number of hydrogen-bond donors (Lipinski definition) is 2. The van der Waals surface area contributed by atoms with E-state index in [1.54, 1.807) is 19.9 Å². The molecular weight excluding hydrogens is 280 g/mol. The number of furan rings is 1. The van der Waals surface area contributed by atoms with E-state index < -0.39 is 0 Å². The summed E-state index contributed by atoms with van der Waals surface area (Å²) < 4.78 is 5.29. The molecule has 1 aromatic carbocycles. The number of benzene rings is 1. The van der Waals surface area contributed by atoms with Crippen LogP contribution in [0.25, 0.3) is 0 Å². The third kappa shape index (κ3) is 3.75. The van der Waals surface area contributed by atoms with Gasteiger partial charge in [-0.25, -0.2) is 0 Å². The molecule has 2 rings (SSSR count). The highest BCUT2D eigenvalue weighted by Crippen LogP contribution is 2.13. The Kier molecular flexibility index (Phi) is 4.65. The summed E-state index contributed by atoms with van der Waals surface area (Å²) >= 11 is 0. The van der Waals surface area contributed by atoms with E-state index in [0.29, 0.717) is 17.1 Å². The number of hydrogen-bond acceptors (Lipinski definition) is 3. The van der Waals surface area contributed by atoms with E-state index in [-0.39, 0.29) is 18.2 Å². The molecular formula is C17H20N2O3. The molecule has 2 amide bonds. The number of rotatable bonds is 3. The molecule has 0 saturated carbocycles. The van der Waals surface area contributed by atoms with Crippen LogP contribution in [0.15, 0.2) is 28.7 Å². The number of nitrogens with one attached hydrogen (secondary N) is 2. The first-order valence-electron chi connectivity index (χ1n) is 7.09. The van der Waals surface area contributed by atoms with Gasteiger partial charge < -0.3 is 4.42 Å². The Bertz CT molecular complexity index is 717. The predicted octanol–water partition coefficient (Wildman–Crippen LogP) is 2.52. The first kappa shape index (κ1) is 15.8. The summed E-state index contributed by atoms with van der Waals surface area (Å²) in [5.41, 5.74) is 8.47. The van der Waals surface area contributed by atoms with E-state index in [2.05, 4.69) is 10.9 Å². The fourth-order valence-electron chi connectivity index (χ4n) is 2.19. The van der Waals surface area contributed by atoms with E-state index >= 15 is 0 Å². The zero-order chi connectivity index (χ0) is 16.3. The molecule has 22 heavy (non-hydrogen) atoms. The van der Waals surface area contributed by atoms with Crippen molar-refractivity contribution in [1.29, 1.82) is 0 Å². The third-order valence-corrected chi connectivity index (χ3v) is 3.54. The summed E-state index contributed by atoms with van der Waals surface area (Å²) in [4.78, 5) is 23.8. The number of carbonyl (C=O) groups excluding carboxylic acids is 2. The Morgan fingerprint density at radius 3 is 2.32 bits per heavy atom. The molecule has 0 spiro atoms. The lowest BCUT2D eigenvalue weighted by Crippen LogP contribution is -2.42. The summed E-state index contributed by atoms with van der Waals surface area (Å²) in [6.45, 7) is 7.50. The Morgan fingerprint density at radius 1 is 1.00 bits per heavy atom. The van der Waals surface area contributed by atoms with Crippen LogP contribution in [0.3, 0.4) is 0 Å². The van der Waals surface area contributed by atoms with Crippen LogP contribution in [0, 0.1) is 27.7 Å². The van der Waals surface area contributed by atoms with Crippen LogP contribution in [0.5, 0.6) is 0 Å². The van der Waals surface area contributed by atoms with Gasteiger partial charge in [0, 0.05) is 0 Å². The van der Waals surface area contributed by atoms with E-state index in [4.69, 9.17) is 4.42 Å². The highest BCUT2D eigenvalue weighted by molar-refractivity contribution is 5.96. The first-order chi connectivity index (χ1) is 10.4. The minimum absolute atomic E-state index is 0.213. The average molecular weight is 300 g/mol. The van der Waals surface area contributed by atoms with E-state index in [0.717, 1.165) is 11.1 Å². The molecule has 0 fully saturated rings. The van der Waals surface area contributed by atoms with Gasteiger partial charge in [-0.15, -0.1) is 0 Å². The van der Waals surface area contributed by atoms with Gasteiger partial charge in [-0.05, 0) is 50.5 Å². The molecule has 0 atom stereocenters. The van der Waals surface area contributed by atoms with Gasteiger partial charge >= 0.3 is 0 Å². The zero-order valence-corrected chi connectivity index (χ0v) is 13.2. The van der Waals surface area contributed by atoms with E-state index in [1.165, 1.54) is 5.56 Å². The highest BCUT2D eigenvalue weighted by Gasteiger charge is 2.14. The van der Waals surface area contributed by atoms with Crippen molar-refractivity contribution in [3.05, 3.63) is 58.0 Å². The van der Waals surface area contributed by atoms with E-state index in [9.17, 15) is 9.59 Å². The van der Waals surface area contributed by atoms with Gasteiger partial charge in [0.05, 0.1) is 12.0 Å². The van der Waals surface area contributed by atoms with Crippen molar-refractivity contribution in [3.8, 4) is 0 Å². The van der Waals surface area contributed by atoms with Gasteiger partial charge in [-0.3, -0.25) is 20.4 Å². The van der Waals surface area contributed by atoms with Crippen molar-refractivity contribution in [2.45, 2.75) is 34.1 Å². The van der Waals surface area contributed by atoms with Crippen molar-refractivity contribution in [1.82, 2.24) is 10.9 Å². The molecule has 116 valence electrons. The second-order valence-electron chi connectivity index (χ2n) is 5.42. The normalized spacial score (nSPS) is 10.4. The molecule has 5 heteroatoms. The largest absolute Gasteiger partial charge is 0.466 e. The first-order valence-corrected chi connectivity index (χ1v) is 7.09. The fraction of sp³-hybridized carbons (Fsp3) is 0.294. The average Bonchev–Trinajstić information content (AvgIpc) is 2.79. The van der Waals surface area contributed by atoms with Crippen LogP contribution in [0.1, 0.15) is 38.6 Å². The lowest BCUT2D eigenvalue weighted by atomic mass is 10.0. The summed E-state index contributed by atoms with van der Waals surface area (Å²) in [5, 5.41) is 0. The van der Waals surface area contributed by atoms with Crippen LogP contribution in [0.4, 0.5) is 0 Å². The second-order valence-corrected chi connectivity index (χ2v) is 5.42. The molecule has 0 unspecified atom stereocenters. The molecule has 0 aliphatic carbocycles. The van der Waals surface area contributed by atoms with Gasteiger partial charge in [0.1, 0.15) is 11.5 Å². The van der Waals surface area contributed by atoms with Gasteiger partial charge in [0.15, 0.2) is 0 Å². The highest BCUT2D eigenvalue weighted by atomic mass is 16.3. The van der Waals surface area contributed by atoms with Gasteiger partial charge in [-0.2, -0.15) is 0 Å². The molecule has 5 nitrogen and oxygen atoms in total. The van der Waals surface area contributed by atoms with Crippen LogP contribution < -0.4 is 10.9 Å². The predicted molar refractivity (Wildman–Crippen MR) is 83.4 cm³/mol. The minimum atomic E-state index is -0.386. The summed E-state index contributed by atoms with van der Waals surface area (Å²) in [7, 11) is 0. The molecule has 0 radical (unpaired) electrons. The van der Waals surface area contributed by atoms with Crippen molar-refractivity contribution in [3.63, 3.8) is 0 Å². The van der Waals surface area contributed by atoms with Crippen molar-refractivity contribution >= 4 is 11.8 Å². The quantitative estimate of drug-likeness (QED) is 0.856. The van der Waals surface area contributed by atoms with Crippen molar-refractivity contribution < 1.29 is 14.0 Å². The molecule has 0 saturated heterocycles. The van der Waals surface area contributed by atoms with Gasteiger partial charge in [0.25, 0.3) is 5.91 Å². The SMILES string of the molecule is Cc1cc(C(=O)NNC(=O)Cc2ccc(C)c(C)c2)c(C)o1. The number of amides is 2. The van der Waals surface area contributed by atoms with Crippen LogP contribution in [-0.2, 0) is 11.2 Å². The molecule has 1 aromatic heterocycles. The number of carbonyl (C=O) groups is 2. The zero-order valence-electron chi connectivity index (χ0n) is 13.2. The Balaban J connectivity index is 1.91. The fourth-order valence-corrected chi connectivity index (χ4v) is 2.19. The standard InChI is InChI=1S/C17H20N2O3/c1-10-5-6-14(7-11(10)2)9-16(20)18-19-17(21)15-8-12(3)22-13(15)4/h5-8H,9H2,1-4H3,(H,18,20)(H,19,21). The molecule has 0 aliphatic rings. The van der Waals surface area contributed by atoms with Crippen LogP contribution >= 0.6 is 0 Å². The van der Waals surface area contributed by atoms with Crippen LogP contribution in [0.2, 0.25) is 0 Å². The molecule has 2 N–H and O–H groups in total. The van der Waals surface area contributed by atoms with Gasteiger partial charge in [0.2, 0.25) is 5.91 Å². The van der Waals surface area contributed by atoms with Crippen molar-refractivity contribution in [2.75, 3.05) is 0 Å². The Morgan fingerprint density at radius 2 is 1.73 bits per heavy atom. The molecule has 0 bridgehead atoms. The maximum atomic E-state index is 11.9. The second kappa shape index (κ2) is 6.47. The molecule has 0 aliphatic heterocycles. The summed E-state index contributed by atoms with van der Waals surface area (Å²) in [6.07, 6.45) is 0.213. The molecule has 1 heterocycles. The lowest BCUT2D eigenvalue weighted by molar-refractivity contribution is -0.121. The topological polar surface area (TPSA) is 71.3 Å². The smallest absolute Gasteiger partial charge is 0.273 e. The summed E-state index contributed by atoms with van der Waals surface area (Å²) in [6, 6.07) is 7.50. The monoisotopic (exact) mass is 300 g/mol. The van der Waals surface area contributed by atoms with E-state index in [1.807, 2.05) is 32.0 Å². The number of aryl methyl sites for hydroxylation is 4. The van der Waals surface area contributed by atoms with Crippen molar-refractivity contribution in [2.24, 2.45) is 0 Å². The van der Waals surface area contributed by atoms with Gasteiger partial charge in [-0.1, -0.05) is 18.2 Å². The van der Waals surface area contributed by atoms with Crippen LogP contribution in [-0.4, -0.2) is 11.8 Å². The Labute approximate surface area is 129 Å².